The zero-order chi connectivity index (χ0) is 17.7. The second-order valence-electron chi connectivity index (χ2n) is 6.04. The first-order chi connectivity index (χ1) is 11.4. The summed E-state index contributed by atoms with van der Waals surface area (Å²) in [4.78, 5) is 2.08. The predicted molar refractivity (Wildman–Crippen MR) is 94.0 cm³/mol. The van der Waals surface area contributed by atoms with E-state index >= 15 is 0 Å². The summed E-state index contributed by atoms with van der Waals surface area (Å²) in [6.07, 6.45) is -5.03. The molecule has 1 aliphatic rings. The van der Waals surface area contributed by atoms with E-state index in [0.717, 1.165) is 18.7 Å². The van der Waals surface area contributed by atoms with Crippen LogP contribution in [0.2, 0.25) is 0 Å². The summed E-state index contributed by atoms with van der Waals surface area (Å²) in [7, 11) is 3.08. The largest absolute Gasteiger partial charge is 0.496 e. The van der Waals surface area contributed by atoms with Crippen molar-refractivity contribution in [1.82, 2.24) is 10.2 Å². The van der Waals surface area contributed by atoms with Crippen LogP contribution in [-0.2, 0) is 0 Å². The van der Waals surface area contributed by atoms with Gasteiger partial charge in [0.2, 0.25) is 0 Å². The molecule has 0 bridgehead atoms. The maximum Gasteiger partial charge on any atom is 0.389 e. The molecule has 8 heteroatoms. The number of hydrogen-bond acceptors (Lipinski definition) is 4. The molecule has 1 atom stereocenters. The minimum absolute atomic E-state index is 0. The Morgan fingerprint density at radius 1 is 1.12 bits per heavy atom. The van der Waals surface area contributed by atoms with E-state index < -0.39 is 12.6 Å². The quantitative estimate of drug-likeness (QED) is 0.813. The first-order valence-corrected chi connectivity index (χ1v) is 8.09. The molecular weight excluding hydrogens is 357 g/mol. The van der Waals surface area contributed by atoms with E-state index in [2.05, 4.69) is 10.2 Å². The molecule has 0 unspecified atom stereocenters. The Labute approximate surface area is 153 Å². The van der Waals surface area contributed by atoms with Crippen LogP contribution in [0.5, 0.6) is 11.5 Å². The zero-order valence-electron chi connectivity index (χ0n) is 14.8. The van der Waals surface area contributed by atoms with E-state index in [1.165, 1.54) is 14.2 Å². The smallest absolute Gasteiger partial charge is 0.389 e. The Balaban J connectivity index is 0.00000312. The maximum absolute atomic E-state index is 12.8. The highest BCUT2D eigenvalue weighted by Crippen LogP contribution is 2.42. The fraction of sp³-hybridized carbons (Fsp3) is 0.647. The van der Waals surface area contributed by atoms with Gasteiger partial charge in [-0.2, -0.15) is 13.2 Å². The van der Waals surface area contributed by atoms with Crippen LogP contribution >= 0.6 is 12.4 Å². The van der Waals surface area contributed by atoms with Gasteiger partial charge in [-0.05, 0) is 31.0 Å². The number of piperazine rings is 1. The third-order valence-electron chi connectivity index (χ3n) is 4.32. The third kappa shape index (κ3) is 5.94. The Morgan fingerprint density at radius 2 is 1.64 bits per heavy atom. The second-order valence-corrected chi connectivity index (χ2v) is 6.04. The van der Waals surface area contributed by atoms with Gasteiger partial charge in [0.05, 0.1) is 19.8 Å². The Morgan fingerprint density at radius 3 is 2.08 bits per heavy atom. The van der Waals surface area contributed by atoms with Crippen LogP contribution in [0.4, 0.5) is 13.2 Å². The highest BCUT2D eigenvalue weighted by molar-refractivity contribution is 5.85. The lowest BCUT2D eigenvalue weighted by Gasteiger charge is -2.36. The van der Waals surface area contributed by atoms with Crippen molar-refractivity contribution >= 4 is 12.4 Å². The molecule has 0 aliphatic carbocycles. The van der Waals surface area contributed by atoms with Crippen LogP contribution < -0.4 is 14.8 Å². The molecule has 0 radical (unpaired) electrons. The van der Waals surface area contributed by atoms with E-state index in [0.29, 0.717) is 30.2 Å². The first kappa shape index (κ1) is 21.9. The molecule has 1 aromatic carbocycles. The zero-order valence-corrected chi connectivity index (χ0v) is 15.6. The molecule has 4 nitrogen and oxygen atoms in total. The lowest BCUT2D eigenvalue weighted by Crippen LogP contribution is -2.45. The van der Waals surface area contributed by atoms with Gasteiger partial charge in [0.15, 0.2) is 0 Å². The van der Waals surface area contributed by atoms with Gasteiger partial charge in [0.25, 0.3) is 0 Å². The molecule has 144 valence electrons. The number of ether oxygens (including phenoxy) is 2. The number of methoxy groups -OCH3 is 2. The molecular formula is C17H26ClF3N2O2. The number of rotatable bonds is 6. The van der Waals surface area contributed by atoms with Gasteiger partial charge >= 0.3 is 6.18 Å². The summed E-state index contributed by atoms with van der Waals surface area (Å²) in [6, 6.07) is 3.31. The minimum atomic E-state index is -4.18. The monoisotopic (exact) mass is 382 g/mol. The van der Waals surface area contributed by atoms with Gasteiger partial charge in [0, 0.05) is 38.6 Å². The highest BCUT2D eigenvalue weighted by atomic mass is 35.5. The van der Waals surface area contributed by atoms with Crippen molar-refractivity contribution < 1.29 is 22.6 Å². The van der Waals surface area contributed by atoms with Gasteiger partial charge in [-0.15, -0.1) is 12.4 Å². The van der Waals surface area contributed by atoms with E-state index in [-0.39, 0.29) is 24.9 Å². The van der Waals surface area contributed by atoms with Crippen LogP contribution in [-0.4, -0.2) is 51.5 Å². The van der Waals surface area contributed by atoms with Gasteiger partial charge in [-0.1, -0.05) is 0 Å². The van der Waals surface area contributed by atoms with Gasteiger partial charge in [0.1, 0.15) is 11.5 Å². The van der Waals surface area contributed by atoms with Crippen molar-refractivity contribution in [3.63, 3.8) is 0 Å². The fourth-order valence-electron chi connectivity index (χ4n) is 3.20. The lowest BCUT2D eigenvalue weighted by atomic mass is 9.96. The number of aryl methyl sites for hydroxylation is 1. The molecule has 0 saturated carbocycles. The number of benzene rings is 1. The second kappa shape index (κ2) is 9.50. The van der Waals surface area contributed by atoms with Crippen molar-refractivity contribution in [2.45, 2.75) is 32.0 Å². The van der Waals surface area contributed by atoms with Crippen LogP contribution in [0.3, 0.4) is 0 Å². The summed E-state index contributed by atoms with van der Waals surface area (Å²) in [5.74, 6) is 1.16. The van der Waals surface area contributed by atoms with Crippen molar-refractivity contribution in [2.24, 2.45) is 0 Å². The van der Waals surface area contributed by atoms with E-state index in [4.69, 9.17) is 9.47 Å². The van der Waals surface area contributed by atoms with Crippen LogP contribution in [0.15, 0.2) is 12.1 Å². The number of nitrogens with zero attached hydrogens (tertiary/aromatic N) is 1. The van der Waals surface area contributed by atoms with Crippen molar-refractivity contribution in [2.75, 3.05) is 40.4 Å². The molecule has 1 fully saturated rings. The van der Waals surface area contributed by atoms with Crippen molar-refractivity contribution in [3.05, 3.63) is 23.3 Å². The number of halogens is 4. The van der Waals surface area contributed by atoms with Crippen molar-refractivity contribution in [3.8, 4) is 11.5 Å². The van der Waals surface area contributed by atoms with Gasteiger partial charge < -0.3 is 14.8 Å². The lowest BCUT2D eigenvalue weighted by molar-refractivity contribution is -0.138. The van der Waals surface area contributed by atoms with E-state index in [1.807, 2.05) is 19.1 Å². The maximum atomic E-state index is 12.8. The summed E-state index contributed by atoms with van der Waals surface area (Å²) in [5.41, 5.74) is 1.65. The highest BCUT2D eigenvalue weighted by Gasteiger charge is 2.34. The Hall–Kier alpha value is -1.18. The molecule has 0 aromatic heterocycles. The molecule has 2 rings (SSSR count). The van der Waals surface area contributed by atoms with Crippen LogP contribution in [0, 0.1) is 6.92 Å². The molecule has 1 aliphatic heterocycles. The average molecular weight is 383 g/mol. The SMILES string of the molecule is COc1cc(C)cc(OC)c1[C@@H](CCC(F)(F)F)N1CCNCC1.Cl. The molecule has 0 amide bonds. The summed E-state index contributed by atoms with van der Waals surface area (Å²) < 4.78 is 49.4. The molecule has 0 spiro atoms. The Bertz CT molecular complexity index is 524. The fourth-order valence-corrected chi connectivity index (χ4v) is 3.20. The average Bonchev–Trinajstić information content (AvgIpc) is 2.55. The molecule has 1 saturated heterocycles. The molecule has 1 N–H and O–H groups in total. The summed E-state index contributed by atoms with van der Waals surface area (Å²) in [5, 5.41) is 3.23. The van der Waals surface area contributed by atoms with Crippen LogP contribution in [0.25, 0.3) is 0 Å². The Kier molecular flexibility index (Phi) is 8.31. The number of nitrogens with one attached hydrogen (secondary N) is 1. The predicted octanol–water partition coefficient (Wildman–Crippen LogP) is 3.72. The first-order valence-electron chi connectivity index (χ1n) is 8.09. The van der Waals surface area contributed by atoms with Gasteiger partial charge in [-0.3, -0.25) is 4.90 Å². The summed E-state index contributed by atoms with van der Waals surface area (Å²) >= 11 is 0. The number of alkyl halides is 3. The molecule has 1 heterocycles. The minimum Gasteiger partial charge on any atom is -0.496 e. The van der Waals surface area contributed by atoms with E-state index in [9.17, 15) is 13.2 Å². The normalized spacial score (nSPS) is 16.9. The van der Waals surface area contributed by atoms with Gasteiger partial charge in [-0.25, -0.2) is 0 Å². The van der Waals surface area contributed by atoms with Crippen molar-refractivity contribution in [1.29, 1.82) is 0 Å². The standard InChI is InChI=1S/C17H25F3N2O2.ClH/c1-12-10-14(23-2)16(15(11-12)24-3)13(4-5-17(18,19)20)22-8-6-21-7-9-22;/h10-11,13,21H,4-9H2,1-3H3;1H/t13-;/m1./s1. The number of hydrogen-bond donors (Lipinski definition) is 1. The van der Waals surface area contributed by atoms with E-state index in [1.54, 1.807) is 0 Å². The molecule has 1 aromatic rings. The topological polar surface area (TPSA) is 33.7 Å². The summed E-state index contributed by atoms with van der Waals surface area (Å²) in [6.45, 7) is 4.83. The van der Waals surface area contributed by atoms with Crippen LogP contribution in [0.1, 0.15) is 30.0 Å². The molecule has 25 heavy (non-hydrogen) atoms. The third-order valence-corrected chi connectivity index (χ3v) is 4.32.